The summed E-state index contributed by atoms with van der Waals surface area (Å²) in [6, 6.07) is 0.181. The van der Waals surface area contributed by atoms with Crippen molar-refractivity contribution in [3.63, 3.8) is 0 Å². The van der Waals surface area contributed by atoms with E-state index >= 15 is 0 Å². The van der Waals surface area contributed by atoms with Gasteiger partial charge in [-0.25, -0.2) is 10.3 Å². The molecule has 0 saturated heterocycles. The quantitative estimate of drug-likeness (QED) is 0.598. The average molecular weight is 170 g/mol. The lowest BCUT2D eigenvalue weighted by Gasteiger charge is -2.13. The van der Waals surface area contributed by atoms with Crippen LogP contribution in [0.5, 0.6) is 0 Å². The minimum atomic E-state index is -0.213. The van der Waals surface area contributed by atoms with Crippen LogP contribution in [0.15, 0.2) is 0 Å². The lowest BCUT2D eigenvalue weighted by molar-refractivity contribution is 0.105. The van der Waals surface area contributed by atoms with Gasteiger partial charge in [-0.2, -0.15) is 0 Å². The van der Waals surface area contributed by atoms with Gasteiger partial charge in [0.05, 0.1) is 7.11 Å². The molecule has 0 heterocycles. The zero-order valence-corrected chi connectivity index (χ0v) is 7.17. The van der Waals surface area contributed by atoms with E-state index < -0.39 is 0 Å². The molecular weight excluding hydrogens is 156 g/mol. The first-order valence-electron chi connectivity index (χ1n) is 4.40. The van der Waals surface area contributed by atoms with Crippen molar-refractivity contribution >= 4 is 6.03 Å². The van der Waals surface area contributed by atoms with E-state index in [1.54, 1.807) is 0 Å². The standard InChI is InChI=1S/C8H14N2O2/c1-12-10-8(11)9-7-3-2-5-4-6(5)7/h5-7H,2-4H2,1H3,(H2,9,10,11). The topological polar surface area (TPSA) is 50.4 Å². The number of fused-ring (bicyclic) bond motifs is 1. The lowest BCUT2D eigenvalue weighted by Crippen LogP contribution is -2.41. The number of hydrogen-bond donors (Lipinski definition) is 2. The average Bonchev–Trinajstić information content (AvgIpc) is 2.71. The highest BCUT2D eigenvalue weighted by molar-refractivity contribution is 5.73. The molecule has 2 saturated carbocycles. The molecule has 2 amide bonds. The molecule has 0 bridgehead atoms. The summed E-state index contributed by atoms with van der Waals surface area (Å²) < 4.78 is 0. The maximum atomic E-state index is 11.0. The van der Waals surface area contributed by atoms with E-state index in [4.69, 9.17) is 0 Å². The Hall–Kier alpha value is -0.770. The SMILES string of the molecule is CONC(=O)NC1CCC2CC21. The zero-order chi connectivity index (χ0) is 8.55. The van der Waals surface area contributed by atoms with Crippen molar-refractivity contribution in [3.8, 4) is 0 Å². The highest BCUT2D eigenvalue weighted by atomic mass is 16.6. The van der Waals surface area contributed by atoms with Crippen molar-refractivity contribution in [2.45, 2.75) is 25.3 Å². The minimum Gasteiger partial charge on any atom is -0.333 e. The van der Waals surface area contributed by atoms with E-state index in [1.807, 2.05) is 0 Å². The third-order valence-electron chi connectivity index (χ3n) is 2.85. The summed E-state index contributed by atoms with van der Waals surface area (Å²) in [5.74, 6) is 1.66. The summed E-state index contributed by atoms with van der Waals surface area (Å²) in [6.07, 6.45) is 3.72. The predicted octanol–water partition coefficient (Wildman–Crippen LogP) is 0.645. The van der Waals surface area contributed by atoms with Crippen LogP contribution in [0.1, 0.15) is 19.3 Å². The molecule has 3 atom stereocenters. The molecular formula is C8H14N2O2. The molecule has 2 aliphatic carbocycles. The molecule has 12 heavy (non-hydrogen) atoms. The summed E-state index contributed by atoms with van der Waals surface area (Å²) in [7, 11) is 1.44. The molecule has 0 radical (unpaired) electrons. The predicted molar refractivity (Wildman–Crippen MR) is 43.3 cm³/mol. The third-order valence-corrected chi connectivity index (χ3v) is 2.85. The normalized spacial score (nSPS) is 37.2. The van der Waals surface area contributed by atoms with Crippen LogP contribution in [0.2, 0.25) is 0 Å². The van der Waals surface area contributed by atoms with E-state index in [1.165, 1.54) is 20.0 Å². The van der Waals surface area contributed by atoms with Gasteiger partial charge in [-0.15, -0.1) is 0 Å². The number of rotatable bonds is 2. The van der Waals surface area contributed by atoms with Gasteiger partial charge in [0, 0.05) is 6.04 Å². The number of nitrogens with one attached hydrogen (secondary N) is 2. The van der Waals surface area contributed by atoms with E-state index in [-0.39, 0.29) is 6.03 Å². The first-order valence-corrected chi connectivity index (χ1v) is 4.40. The molecule has 0 aromatic carbocycles. The van der Waals surface area contributed by atoms with E-state index in [2.05, 4.69) is 15.6 Å². The second kappa shape index (κ2) is 2.94. The molecule has 68 valence electrons. The van der Waals surface area contributed by atoms with Crippen LogP contribution in [0.3, 0.4) is 0 Å². The zero-order valence-electron chi connectivity index (χ0n) is 7.17. The third kappa shape index (κ3) is 1.39. The molecule has 2 N–H and O–H groups in total. The van der Waals surface area contributed by atoms with Gasteiger partial charge in [-0.3, -0.25) is 4.84 Å². The molecule has 3 unspecified atom stereocenters. The van der Waals surface area contributed by atoms with E-state index in [0.717, 1.165) is 18.3 Å². The van der Waals surface area contributed by atoms with Crippen molar-refractivity contribution < 1.29 is 9.63 Å². The molecule has 2 fully saturated rings. The largest absolute Gasteiger partial charge is 0.338 e. The van der Waals surface area contributed by atoms with Gasteiger partial charge in [0.2, 0.25) is 0 Å². The van der Waals surface area contributed by atoms with Gasteiger partial charge in [0.15, 0.2) is 0 Å². The van der Waals surface area contributed by atoms with Gasteiger partial charge in [-0.1, -0.05) is 0 Å². The number of urea groups is 1. The van der Waals surface area contributed by atoms with Crippen LogP contribution in [0.25, 0.3) is 0 Å². The Balaban J connectivity index is 1.75. The number of hydrogen-bond acceptors (Lipinski definition) is 2. The maximum Gasteiger partial charge on any atom is 0.338 e. The molecule has 0 aromatic heterocycles. The Morgan fingerprint density at radius 2 is 2.33 bits per heavy atom. The van der Waals surface area contributed by atoms with Gasteiger partial charge in [0.1, 0.15) is 0 Å². The Kier molecular flexibility index (Phi) is 1.92. The number of hydroxylamine groups is 1. The van der Waals surface area contributed by atoms with Crippen molar-refractivity contribution in [2.24, 2.45) is 11.8 Å². The van der Waals surface area contributed by atoms with Crippen molar-refractivity contribution in [3.05, 3.63) is 0 Å². The number of carbonyl (C=O) groups is 1. The molecule has 0 aromatic rings. The molecule has 0 spiro atoms. The number of carbonyl (C=O) groups excluding carboxylic acids is 1. The van der Waals surface area contributed by atoms with Crippen LogP contribution >= 0.6 is 0 Å². The molecule has 4 heteroatoms. The maximum absolute atomic E-state index is 11.0. The summed E-state index contributed by atoms with van der Waals surface area (Å²) >= 11 is 0. The first-order chi connectivity index (χ1) is 5.81. The second-order valence-corrected chi connectivity index (χ2v) is 3.62. The van der Waals surface area contributed by atoms with Crippen molar-refractivity contribution in [1.82, 2.24) is 10.8 Å². The highest BCUT2D eigenvalue weighted by Crippen LogP contribution is 2.51. The van der Waals surface area contributed by atoms with Gasteiger partial charge >= 0.3 is 6.03 Å². The van der Waals surface area contributed by atoms with Crippen molar-refractivity contribution in [2.75, 3.05) is 7.11 Å². The van der Waals surface area contributed by atoms with E-state index in [9.17, 15) is 4.79 Å². The lowest BCUT2D eigenvalue weighted by atomic mass is 10.2. The summed E-state index contributed by atoms with van der Waals surface area (Å²) in [6.45, 7) is 0. The summed E-state index contributed by atoms with van der Waals surface area (Å²) in [4.78, 5) is 15.5. The second-order valence-electron chi connectivity index (χ2n) is 3.62. The highest BCUT2D eigenvalue weighted by Gasteiger charge is 2.48. The van der Waals surface area contributed by atoms with Crippen LogP contribution < -0.4 is 10.8 Å². The monoisotopic (exact) mass is 170 g/mol. The fourth-order valence-corrected chi connectivity index (χ4v) is 2.17. The first kappa shape index (κ1) is 7.86. The summed E-state index contributed by atoms with van der Waals surface area (Å²) in [5, 5.41) is 2.90. The smallest absolute Gasteiger partial charge is 0.333 e. The van der Waals surface area contributed by atoms with Gasteiger partial charge in [0.25, 0.3) is 0 Å². The van der Waals surface area contributed by atoms with Crippen LogP contribution in [0, 0.1) is 11.8 Å². The molecule has 0 aliphatic heterocycles. The molecule has 2 aliphatic rings. The van der Waals surface area contributed by atoms with Crippen LogP contribution in [-0.2, 0) is 4.84 Å². The van der Waals surface area contributed by atoms with Crippen molar-refractivity contribution in [1.29, 1.82) is 0 Å². The Morgan fingerprint density at radius 1 is 1.50 bits per heavy atom. The Morgan fingerprint density at radius 3 is 2.83 bits per heavy atom. The molecule has 2 rings (SSSR count). The summed E-state index contributed by atoms with van der Waals surface area (Å²) in [5.41, 5.74) is 2.26. The van der Waals surface area contributed by atoms with Crippen LogP contribution in [0.4, 0.5) is 4.79 Å². The van der Waals surface area contributed by atoms with E-state index in [0.29, 0.717) is 6.04 Å². The van der Waals surface area contributed by atoms with Gasteiger partial charge in [-0.05, 0) is 31.1 Å². The Bertz CT molecular complexity index is 195. The fourth-order valence-electron chi connectivity index (χ4n) is 2.17. The molecule has 4 nitrogen and oxygen atoms in total. The fraction of sp³-hybridized carbons (Fsp3) is 0.875. The van der Waals surface area contributed by atoms with Gasteiger partial charge < -0.3 is 5.32 Å². The van der Waals surface area contributed by atoms with Crippen LogP contribution in [-0.4, -0.2) is 19.2 Å². The number of amides is 2. The minimum absolute atomic E-state index is 0.213. The Labute approximate surface area is 71.6 Å².